The molecule has 0 radical (unpaired) electrons. The third-order valence-corrected chi connectivity index (χ3v) is 3.31. The molecule has 0 atom stereocenters. The van der Waals surface area contributed by atoms with Gasteiger partial charge in [-0.2, -0.15) is 0 Å². The zero-order chi connectivity index (χ0) is 15.5. The van der Waals surface area contributed by atoms with E-state index in [-0.39, 0.29) is 5.69 Å². The van der Waals surface area contributed by atoms with E-state index in [1.54, 1.807) is 0 Å². The summed E-state index contributed by atoms with van der Waals surface area (Å²) in [6.07, 6.45) is 0. The van der Waals surface area contributed by atoms with Crippen LogP contribution in [-0.4, -0.2) is 18.1 Å². The molecule has 0 fully saturated rings. The number of aryl methyl sites for hydroxylation is 1. The van der Waals surface area contributed by atoms with Crippen molar-refractivity contribution < 1.29 is 13.9 Å². The fourth-order valence-corrected chi connectivity index (χ4v) is 2.24. The van der Waals surface area contributed by atoms with Crippen LogP contribution < -0.4 is 0 Å². The van der Waals surface area contributed by atoms with Gasteiger partial charge in [-0.1, -0.05) is 42.0 Å². The van der Waals surface area contributed by atoms with Crippen molar-refractivity contribution in [1.82, 2.24) is 4.98 Å². The molecule has 0 spiro atoms. The lowest BCUT2D eigenvalue weighted by Gasteiger charge is -2.01. The maximum atomic E-state index is 12.0. The van der Waals surface area contributed by atoms with E-state index in [1.165, 1.54) is 7.11 Å². The summed E-state index contributed by atoms with van der Waals surface area (Å²) in [6.45, 7) is 1.98. The molecule has 0 saturated carbocycles. The molecule has 3 aromatic rings. The Morgan fingerprint density at radius 1 is 1.05 bits per heavy atom. The van der Waals surface area contributed by atoms with Crippen LogP contribution in [0.1, 0.15) is 16.1 Å². The molecule has 2 aromatic carbocycles. The van der Waals surface area contributed by atoms with E-state index in [0.29, 0.717) is 11.7 Å². The van der Waals surface area contributed by atoms with Crippen molar-refractivity contribution in [3.8, 4) is 22.8 Å². The van der Waals surface area contributed by atoms with Gasteiger partial charge in [0.25, 0.3) is 0 Å². The van der Waals surface area contributed by atoms with Crippen molar-refractivity contribution in [2.24, 2.45) is 0 Å². The fraction of sp³-hybridized carbons (Fsp3) is 0.111. The van der Waals surface area contributed by atoms with Crippen LogP contribution in [0.5, 0.6) is 0 Å². The van der Waals surface area contributed by atoms with Crippen LogP contribution in [0.4, 0.5) is 0 Å². The number of carbonyl (C=O) groups excluding carboxylic acids is 1. The maximum Gasteiger partial charge on any atom is 0.360 e. The van der Waals surface area contributed by atoms with Gasteiger partial charge in [0.15, 0.2) is 11.5 Å². The number of aromatic nitrogens is 1. The number of oxazole rings is 1. The SMILES string of the molecule is COC(=O)c1nc(-c2ccccc2)oc1-c1cccc(C)c1. The average molecular weight is 293 g/mol. The third kappa shape index (κ3) is 2.63. The Labute approximate surface area is 128 Å². The van der Waals surface area contributed by atoms with Crippen LogP contribution in [0.3, 0.4) is 0 Å². The maximum absolute atomic E-state index is 12.0. The molecule has 3 rings (SSSR count). The van der Waals surface area contributed by atoms with Gasteiger partial charge in [0.2, 0.25) is 5.89 Å². The quantitative estimate of drug-likeness (QED) is 0.682. The second-order valence-corrected chi connectivity index (χ2v) is 4.92. The van der Waals surface area contributed by atoms with E-state index < -0.39 is 5.97 Å². The van der Waals surface area contributed by atoms with Crippen molar-refractivity contribution in [2.45, 2.75) is 6.92 Å². The summed E-state index contributed by atoms with van der Waals surface area (Å²) in [5, 5.41) is 0. The lowest BCUT2D eigenvalue weighted by atomic mass is 10.1. The molecule has 0 bridgehead atoms. The molecule has 1 aromatic heterocycles. The topological polar surface area (TPSA) is 52.3 Å². The van der Waals surface area contributed by atoms with Gasteiger partial charge in [-0.05, 0) is 25.1 Å². The lowest BCUT2D eigenvalue weighted by Crippen LogP contribution is -2.03. The number of benzene rings is 2. The van der Waals surface area contributed by atoms with Crippen LogP contribution in [0.25, 0.3) is 22.8 Å². The molecule has 0 aliphatic heterocycles. The number of methoxy groups -OCH3 is 1. The highest BCUT2D eigenvalue weighted by Crippen LogP contribution is 2.30. The van der Waals surface area contributed by atoms with Gasteiger partial charge in [0, 0.05) is 11.1 Å². The Hall–Kier alpha value is -2.88. The first-order valence-corrected chi connectivity index (χ1v) is 6.90. The third-order valence-electron chi connectivity index (χ3n) is 3.31. The molecular formula is C18H15NO3. The minimum absolute atomic E-state index is 0.187. The molecule has 0 aliphatic carbocycles. The Balaban J connectivity index is 2.16. The van der Waals surface area contributed by atoms with Gasteiger partial charge in [0.05, 0.1) is 7.11 Å². The highest BCUT2D eigenvalue weighted by Gasteiger charge is 2.22. The normalized spacial score (nSPS) is 10.5. The average Bonchev–Trinajstić information content (AvgIpc) is 3.00. The Morgan fingerprint density at radius 3 is 2.45 bits per heavy atom. The van der Waals surface area contributed by atoms with E-state index in [0.717, 1.165) is 16.7 Å². The summed E-state index contributed by atoms with van der Waals surface area (Å²) in [4.78, 5) is 16.3. The molecule has 4 heteroatoms. The number of hydrogen-bond donors (Lipinski definition) is 0. The van der Waals surface area contributed by atoms with Crippen molar-refractivity contribution in [3.05, 3.63) is 65.9 Å². The summed E-state index contributed by atoms with van der Waals surface area (Å²) >= 11 is 0. The summed E-state index contributed by atoms with van der Waals surface area (Å²) in [6, 6.07) is 17.2. The first-order valence-electron chi connectivity index (χ1n) is 6.90. The van der Waals surface area contributed by atoms with E-state index in [9.17, 15) is 4.79 Å². The van der Waals surface area contributed by atoms with Crippen molar-refractivity contribution in [1.29, 1.82) is 0 Å². The van der Waals surface area contributed by atoms with Gasteiger partial charge in [-0.3, -0.25) is 0 Å². The van der Waals surface area contributed by atoms with E-state index in [4.69, 9.17) is 9.15 Å². The first kappa shape index (κ1) is 14.1. The van der Waals surface area contributed by atoms with E-state index >= 15 is 0 Å². The van der Waals surface area contributed by atoms with E-state index in [2.05, 4.69) is 4.98 Å². The highest BCUT2D eigenvalue weighted by molar-refractivity contribution is 5.94. The van der Waals surface area contributed by atoms with Crippen molar-refractivity contribution in [3.63, 3.8) is 0 Å². The predicted molar refractivity (Wildman–Crippen MR) is 83.5 cm³/mol. The summed E-state index contributed by atoms with van der Waals surface area (Å²) in [7, 11) is 1.33. The minimum Gasteiger partial charge on any atom is -0.464 e. The highest BCUT2D eigenvalue weighted by atomic mass is 16.5. The molecule has 0 amide bonds. The molecule has 22 heavy (non-hydrogen) atoms. The molecule has 0 saturated heterocycles. The Bertz CT molecular complexity index is 806. The lowest BCUT2D eigenvalue weighted by molar-refractivity contribution is 0.0595. The number of ether oxygens (including phenoxy) is 1. The van der Waals surface area contributed by atoms with Crippen LogP contribution in [0.2, 0.25) is 0 Å². The molecule has 0 aliphatic rings. The molecule has 110 valence electrons. The van der Waals surface area contributed by atoms with E-state index in [1.807, 2.05) is 61.5 Å². The number of carbonyl (C=O) groups is 1. The van der Waals surface area contributed by atoms with Crippen molar-refractivity contribution in [2.75, 3.05) is 7.11 Å². The van der Waals surface area contributed by atoms with Crippen LogP contribution in [0, 0.1) is 6.92 Å². The molecular weight excluding hydrogens is 278 g/mol. The van der Waals surface area contributed by atoms with Gasteiger partial charge in [-0.15, -0.1) is 0 Å². The number of nitrogens with zero attached hydrogens (tertiary/aromatic N) is 1. The van der Waals surface area contributed by atoms with Crippen molar-refractivity contribution >= 4 is 5.97 Å². The fourth-order valence-electron chi connectivity index (χ4n) is 2.24. The summed E-state index contributed by atoms with van der Waals surface area (Å²) in [5.74, 6) is 0.314. The van der Waals surface area contributed by atoms with Gasteiger partial charge < -0.3 is 9.15 Å². The Morgan fingerprint density at radius 2 is 1.77 bits per heavy atom. The monoisotopic (exact) mass is 293 g/mol. The summed E-state index contributed by atoms with van der Waals surface area (Å²) < 4.78 is 10.7. The number of hydrogen-bond acceptors (Lipinski definition) is 4. The van der Waals surface area contributed by atoms with Gasteiger partial charge >= 0.3 is 5.97 Å². The van der Waals surface area contributed by atoms with Gasteiger partial charge in [0.1, 0.15) is 0 Å². The zero-order valence-electron chi connectivity index (χ0n) is 12.4. The largest absolute Gasteiger partial charge is 0.464 e. The standard InChI is InChI=1S/C18H15NO3/c1-12-7-6-10-14(11-12)16-15(18(20)21-2)19-17(22-16)13-8-4-3-5-9-13/h3-11H,1-2H3. The molecule has 0 unspecified atom stereocenters. The number of esters is 1. The second-order valence-electron chi connectivity index (χ2n) is 4.92. The minimum atomic E-state index is -0.512. The van der Waals surface area contributed by atoms with Crippen LogP contribution in [0.15, 0.2) is 59.0 Å². The predicted octanol–water partition coefficient (Wildman–Crippen LogP) is 4.10. The first-order chi connectivity index (χ1) is 10.7. The molecule has 4 nitrogen and oxygen atoms in total. The zero-order valence-corrected chi connectivity index (χ0v) is 12.4. The van der Waals surface area contributed by atoms with Crippen LogP contribution in [-0.2, 0) is 4.74 Å². The van der Waals surface area contributed by atoms with Crippen LogP contribution >= 0.6 is 0 Å². The Kier molecular flexibility index (Phi) is 3.74. The smallest absolute Gasteiger partial charge is 0.360 e. The molecule has 0 N–H and O–H groups in total. The number of rotatable bonds is 3. The van der Waals surface area contributed by atoms with Gasteiger partial charge in [-0.25, -0.2) is 9.78 Å². The summed E-state index contributed by atoms with van der Waals surface area (Å²) in [5.41, 5.74) is 2.87. The second kappa shape index (κ2) is 5.85. The molecule has 1 heterocycles.